The van der Waals surface area contributed by atoms with Gasteiger partial charge in [-0.25, -0.2) is 9.67 Å². The van der Waals surface area contributed by atoms with Crippen LogP contribution < -0.4 is 5.32 Å². The lowest BCUT2D eigenvalue weighted by molar-refractivity contribution is -0.117. The summed E-state index contributed by atoms with van der Waals surface area (Å²) in [5, 5.41) is 7.13. The van der Waals surface area contributed by atoms with Crippen LogP contribution in [0.25, 0.3) is 0 Å². The van der Waals surface area contributed by atoms with E-state index in [9.17, 15) is 4.79 Å². The molecule has 1 unspecified atom stereocenters. The fourth-order valence-electron chi connectivity index (χ4n) is 2.68. The van der Waals surface area contributed by atoms with Crippen molar-refractivity contribution in [3.63, 3.8) is 0 Å². The molecule has 1 aliphatic rings. The molecule has 4 rings (SSSR count). The molecule has 0 fully saturated rings. The second-order valence-electron chi connectivity index (χ2n) is 5.52. The van der Waals surface area contributed by atoms with Gasteiger partial charge in [0.1, 0.15) is 6.33 Å². The van der Waals surface area contributed by atoms with Crippen molar-refractivity contribution in [2.24, 2.45) is 0 Å². The van der Waals surface area contributed by atoms with E-state index in [4.69, 9.17) is 0 Å². The van der Waals surface area contributed by atoms with Gasteiger partial charge < -0.3 is 0 Å². The summed E-state index contributed by atoms with van der Waals surface area (Å²) in [7, 11) is 0. The molecule has 0 radical (unpaired) electrons. The molecule has 24 heavy (non-hydrogen) atoms. The predicted molar refractivity (Wildman–Crippen MR) is 91.9 cm³/mol. The van der Waals surface area contributed by atoms with Crippen molar-refractivity contribution in [1.29, 1.82) is 0 Å². The van der Waals surface area contributed by atoms with Gasteiger partial charge in [-0.3, -0.25) is 15.1 Å². The Morgan fingerprint density at radius 1 is 1.29 bits per heavy atom. The zero-order valence-corrected chi connectivity index (χ0v) is 13.6. The van der Waals surface area contributed by atoms with Gasteiger partial charge in [0.2, 0.25) is 11.9 Å². The van der Waals surface area contributed by atoms with E-state index in [2.05, 4.69) is 20.4 Å². The van der Waals surface area contributed by atoms with Crippen LogP contribution in [0.5, 0.6) is 0 Å². The number of rotatable bonds is 4. The average molecular weight is 337 g/mol. The number of nitrogens with one attached hydrogen (secondary N) is 1. The number of pyridine rings is 1. The van der Waals surface area contributed by atoms with Crippen molar-refractivity contribution in [3.05, 3.63) is 66.2 Å². The topological polar surface area (TPSA) is 72.7 Å². The molecule has 1 atom stereocenters. The number of carbonyl (C=O) groups is 1. The third kappa shape index (κ3) is 3.03. The Balaban J connectivity index is 1.44. The van der Waals surface area contributed by atoms with Crippen molar-refractivity contribution in [3.8, 4) is 0 Å². The molecule has 3 heterocycles. The molecular formula is C17H15N5OS. The molecule has 3 aromatic rings. The maximum absolute atomic E-state index is 12.5. The Bertz CT molecular complexity index is 864. The zero-order valence-electron chi connectivity index (χ0n) is 12.8. The molecule has 0 bridgehead atoms. The van der Waals surface area contributed by atoms with Gasteiger partial charge in [0.25, 0.3) is 0 Å². The molecule has 0 aliphatic carbocycles. The van der Waals surface area contributed by atoms with Crippen molar-refractivity contribution in [2.45, 2.75) is 17.4 Å². The van der Waals surface area contributed by atoms with E-state index >= 15 is 0 Å². The standard InChI is InChI=1S/C17H15N5OS/c23-16(14-10-24-15-6-2-1-5-13(14)15)20-17-19-11-22(21-17)9-12-4-3-7-18-8-12/h1-8,11,14H,9-10H2,(H,20,21,23). The Labute approximate surface area is 143 Å². The van der Waals surface area contributed by atoms with E-state index in [0.29, 0.717) is 12.5 Å². The van der Waals surface area contributed by atoms with Gasteiger partial charge in [-0.1, -0.05) is 24.3 Å². The summed E-state index contributed by atoms with van der Waals surface area (Å²) in [6, 6.07) is 11.9. The minimum Gasteiger partial charge on any atom is -0.293 e. The van der Waals surface area contributed by atoms with Crippen LogP contribution >= 0.6 is 11.8 Å². The van der Waals surface area contributed by atoms with Crippen LogP contribution in [0.2, 0.25) is 0 Å². The number of carbonyl (C=O) groups excluding carboxylic acids is 1. The minimum atomic E-state index is -0.156. The summed E-state index contributed by atoms with van der Waals surface area (Å²) < 4.78 is 1.68. The van der Waals surface area contributed by atoms with Crippen LogP contribution in [0, 0.1) is 0 Å². The molecule has 2 aromatic heterocycles. The molecule has 6 nitrogen and oxygen atoms in total. The van der Waals surface area contributed by atoms with Gasteiger partial charge in [-0.2, -0.15) is 0 Å². The van der Waals surface area contributed by atoms with Gasteiger partial charge in [-0.05, 0) is 23.3 Å². The maximum atomic E-state index is 12.5. The van der Waals surface area contributed by atoms with Crippen molar-refractivity contribution in [2.75, 3.05) is 11.1 Å². The van der Waals surface area contributed by atoms with Gasteiger partial charge in [0.15, 0.2) is 0 Å². The molecule has 0 spiro atoms. The molecule has 120 valence electrons. The molecule has 1 aliphatic heterocycles. The highest BCUT2D eigenvalue weighted by molar-refractivity contribution is 7.99. The van der Waals surface area contributed by atoms with Crippen LogP contribution in [-0.2, 0) is 11.3 Å². The first-order chi connectivity index (χ1) is 11.8. The van der Waals surface area contributed by atoms with Crippen LogP contribution in [0.1, 0.15) is 17.0 Å². The summed E-state index contributed by atoms with van der Waals surface area (Å²) >= 11 is 1.71. The van der Waals surface area contributed by atoms with Crippen molar-refractivity contribution in [1.82, 2.24) is 19.7 Å². The van der Waals surface area contributed by atoms with Gasteiger partial charge >= 0.3 is 0 Å². The number of hydrogen-bond acceptors (Lipinski definition) is 5. The fourth-order valence-corrected chi connectivity index (χ4v) is 3.91. The average Bonchev–Trinajstić information content (AvgIpc) is 3.22. The number of nitrogens with zero attached hydrogens (tertiary/aromatic N) is 4. The number of fused-ring (bicyclic) bond motifs is 1. The molecule has 0 saturated heterocycles. The van der Waals surface area contributed by atoms with Crippen molar-refractivity contribution >= 4 is 23.6 Å². The zero-order chi connectivity index (χ0) is 16.4. The number of amides is 1. The number of hydrogen-bond donors (Lipinski definition) is 1. The van der Waals surface area contributed by atoms with E-state index in [1.54, 1.807) is 35.2 Å². The van der Waals surface area contributed by atoms with Gasteiger partial charge in [-0.15, -0.1) is 16.9 Å². The summed E-state index contributed by atoms with van der Waals surface area (Å²) in [5.41, 5.74) is 2.11. The third-order valence-corrected chi connectivity index (χ3v) is 5.04. The van der Waals surface area contributed by atoms with Crippen LogP contribution in [0.4, 0.5) is 5.95 Å². The van der Waals surface area contributed by atoms with Crippen LogP contribution in [-0.4, -0.2) is 31.4 Å². The van der Waals surface area contributed by atoms with E-state index in [1.807, 2.05) is 36.4 Å². The van der Waals surface area contributed by atoms with E-state index < -0.39 is 0 Å². The highest BCUT2D eigenvalue weighted by atomic mass is 32.2. The number of aromatic nitrogens is 4. The highest BCUT2D eigenvalue weighted by Gasteiger charge is 2.29. The molecule has 1 N–H and O–H groups in total. The molecular weight excluding hydrogens is 322 g/mol. The largest absolute Gasteiger partial charge is 0.293 e. The first-order valence-electron chi connectivity index (χ1n) is 7.60. The molecule has 7 heteroatoms. The van der Waals surface area contributed by atoms with Crippen LogP contribution in [0.3, 0.4) is 0 Å². The van der Waals surface area contributed by atoms with E-state index in [-0.39, 0.29) is 11.8 Å². The summed E-state index contributed by atoms with van der Waals surface area (Å²) in [5.74, 6) is 0.864. The number of benzene rings is 1. The maximum Gasteiger partial charge on any atom is 0.248 e. The number of anilines is 1. The minimum absolute atomic E-state index is 0.0634. The lowest BCUT2D eigenvalue weighted by atomic mass is 10.0. The van der Waals surface area contributed by atoms with E-state index in [0.717, 1.165) is 16.9 Å². The Morgan fingerprint density at radius 2 is 2.21 bits per heavy atom. The summed E-state index contributed by atoms with van der Waals surface area (Å²) in [4.78, 5) is 21.9. The normalized spacial score (nSPS) is 15.9. The number of thioether (sulfide) groups is 1. The first kappa shape index (κ1) is 14.9. The van der Waals surface area contributed by atoms with Gasteiger partial charge in [0.05, 0.1) is 12.5 Å². The Hall–Kier alpha value is -2.67. The first-order valence-corrected chi connectivity index (χ1v) is 8.59. The van der Waals surface area contributed by atoms with Crippen LogP contribution in [0.15, 0.2) is 60.0 Å². The third-order valence-electron chi connectivity index (χ3n) is 3.86. The van der Waals surface area contributed by atoms with Gasteiger partial charge in [0, 0.05) is 23.0 Å². The second-order valence-corrected chi connectivity index (χ2v) is 6.58. The lowest BCUT2D eigenvalue weighted by Gasteiger charge is -2.09. The summed E-state index contributed by atoms with van der Waals surface area (Å²) in [6.07, 6.45) is 5.13. The SMILES string of the molecule is O=C(Nc1ncn(Cc2cccnc2)n1)C1CSc2ccccc21. The quantitative estimate of drug-likeness (QED) is 0.792. The molecule has 0 saturated carbocycles. The predicted octanol–water partition coefficient (Wildman–Crippen LogP) is 2.55. The highest BCUT2D eigenvalue weighted by Crippen LogP contribution is 2.39. The smallest absolute Gasteiger partial charge is 0.248 e. The van der Waals surface area contributed by atoms with E-state index in [1.165, 1.54) is 4.90 Å². The lowest BCUT2D eigenvalue weighted by Crippen LogP contribution is -2.21. The Morgan fingerprint density at radius 3 is 3.08 bits per heavy atom. The fraction of sp³-hybridized carbons (Fsp3) is 0.176. The van der Waals surface area contributed by atoms with Crippen molar-refractivity contribution < 1.29 is 4.79 Å². The summed E-state index contributed by atoms with van der Waals surface area (Å²) in [6.45, 7) is 0.568. The molecule has 1 aromatic carbocycles. The second kappa shape index (κ2) is 6.45. The Kier molecular flexibility index (Phi) is 4.00. The monoisotopic (exact) mass is 337 g/mol. The molecule has 1 amide bonds.